The minimum Gasteiger partial charge on any atom is -0.308 e. The van der Waals surface area contributed by atoms with Gasteiger partial charge in [-0.3, -0.25) is 10.1 Å². The molecule has 2 aromatic rings. The van der Waals surface area contributed by atoms with Crippen molar-refractivity contribution in [3.8, 4) is 0 Å². The van der Waals surface area contributed by atoms with Gasteiger partial charge in [0.25, 0.3) is 5.69 Å². The summed E-state index contributed by atoms with van der Waals surface area (Å²) in [5.74, 6) is 0. The maximum Gasteiger partial charge on any atom is 0.323 e. The minimum atomic E-state index is -0.493. The summed E-state index contributed by atoms with van der Waals surface area (Å²) in [5.41, 5.74) is 2.16. The Morgan fingerprint density at radius 2 is 1.81 bits per heavy atom. The van der Waals surface area contributed by atoms with Gasteiger partial charge in [0.1, 0.15) is 0 Å². The Bertz CT molecular complexity index is 686. The monoisotopic (exact) mass is 349 g/mol. The van der Waals surface area contributed by atoms with Crippen molar-refractivity contribution >= 4 is 39.0 Å². The summed E-state index contributed by atoms with van der Waals surface area (Å²) in [6.07, 6.45) is 0. The van der Waals surface area contributed by atoms with Crippen LogP contribution >= 0.6 is 15.9 Å². The molecule has 0 bridgehead atoms. The number of nitrogens with one attached hydrogen (secondary N) is 2. The molecule has 6 nitrogen and oxygen atoms in total. The van der Waals surface area contributed by atoms with Gasteiger partial charge in [-0.15, -0.1) is 0 Å². The summed E-state index contributed by atoms with van der Waals surface area (Å²) in [5, 5.41) is 15.8. The van der Waals surface area contributed by atoms with Gasteiger partial charge in [0, 0.05) is 22.3 Å². The van der Waals surface area contributed by atoms with Gasteiger partial charge in [0.2, 0.25) is 0 Å². The Kier molecular flexibility index (Phi) is 4.54. The van der Waals surface area contributed by atoms with Gasteiger partial charge in [-0.1, -0.05) is 6.07 Å². The number of carbonyl (C=O) groups is 1. The summed E-state index contributed by atoms with van der Waals surface area (Å²) >= 11 is 3.37. The number of halogens is 1. The second kappa shape index (κ2) is 6.36. The standard InChI is InChI=1S/C14H12BrN3O3/c1-9-2-7-13(12(15)8-9)17-14(19)16-10-3-5-11(6-4-10)18(20)21/h2-8H,1H3,(H2,16,17,19). The molecule has 0 aliphatic carbocycles. The third-order valence-corrected chi connectivity index (χ3v) is 3.36. The van der Waals surface area contributed by atoms with E-state index in [4.69, 9.17) is 0 Å². The van der Waals surface area contributed by atoms with E-state index >= 15 is 0 Å². The van der Waals surface area contributed by atoms with Crippen LogP contribution < -0.4 is 10.6 Å². The molecule has 2 amide bonds. The third-order valence-electron chi connectivity index (χ3n) is 2.71. The van der Waals surface area contributed by atoms with Crippen molar-refractivity contribution in [1.82, 2.24) is 0 Å². The largest absolute Gasteiger partial charge is 0.323 e. The number of nitrogens with zero attached hydrogens (tertiary/aromatic N) is 1. The van der Waals surface area contributed by atoms with Crippen LogP contribution in [0.4, 0.5) is 21.9 Å². The molecule has 2 rings (SSSR count). The quantitative estimate of drug-likeness (QED) is 0.639. The number of amides is 2. The van der Waals surface area contributed by atoms with E-state index in [9.17, 15) is 14.9 Å². The van der Waals surface area contributed by atoms with Gasteiger partial charge in [0.15, 0.2) is 0 Å². The van der Waals surface area contributed by atoms with Gasteiger partial charge in [-0.2, -0.15) is 0 Å². The minimum absolute atomic E-state index is 0.0257. The lowest BCUT2D eigenvalue weighted by atomic mass is 10.2. The van der Waals surface area contributed by atoms with Crippen molar-refractivity contribution in [2.75, 3.05) is 10.6 Å². The van der Waals surface area contributed by atoms with Gasteiger partial charge in [0.05, 0.1) is 10.6 Å². The second-order valence-corrected chi connectivity index (χ2v) is 5.22. The molecule has 21 heavy (non-hydrogen) atoms. The number of non-ortho nitro benzene ring substituents is 1. The highest BCUT2D eigenvalue weighted by Crippen LogP contribution is 2.23. The summed E-state index contributed by atoms with van der Waals surface area (Å²) in [7, 11) is 0. The number of hydrogen-bond acceptors (Lipinski definition) is 3. The molecule has 108 valence electrons. The van der Waals surface area contributed by atoms with Crippen molar-refractivity contribution in [1.29, 1.82) is 0 Å². The average molecular weight is 350 g/mol. The first-order chi connectivity index (χ1) is 9.95. The van der Waals surface area contributed by atoms with E-state index in [2.05, 4.69) is 26.6 Å². The lowest BCUT2D eigenvalue weighted by molar-refractivity contribution is -0.384. The van der Waals surface area contributed by atoms with Crippen LogP contribution in [0.3, 0.4) is 0 Å². The maximum atomic E-state index is 11.9. The number of nitro groups is 1. The average Bonchev–Trinajstić information content (AvgIpc) is 2.42. The zero-order chi connectivity index (χ0) is 15.4. The molecular formula is C14H12BrN3O3. The second-order valence-electron chi connectivity index (χ2n) is 4.37. The van der Waals surface area contributed by atoms with Gasteiger partial charge in [-0.05, 0) is 52.7 Å². The zero-order valence-electron chi connectivity index (χ0n) is 11.1. The number of hydrogen-bond donors (Lipinski definition) is 2. The molecule has 0 fully saturated rings. The topological polar surface area (TPSA) is 84.3 Å². The number of urea groups is 1. The highest BCUT2D eigenvalue weighted by molar-refractivity contribution is 9.10. The van der Waals surface area contributed by atoms with Crippen LogP contribution in [0.5, 0.6) is 0 Å². The van der Waals surface area contributed by atoms with Crippen molar-refractivity contribution < 1.29 is 9.72 Å². The fraction of sp³-hybridized carbons (Fsp3) is 0.0714. The van der Waals surface area contributed by atoms with Gasteiger partial charge in [-0.25, -0.2) is 4.79 Å². The van der Waals surface area contributed by atoms with Crippen LogP contribution in [0.15, 0.2) is 46.9 Å². The highest BCUT2D eigenvalue weighted by Gasteiger charge is 2.08. The number of benzene rings is 2. The number of aryl methyl sites for hydroxylation is 1. The number of nitro benzene ring substituents is 1. The lowest BCUT2D eigenvalue weighted by Gasteiger charge is -2.09. The van der Waals surface area contributed by atoms with E-state index in [1.165, 1.54) is 24.3 Å². The van der Waals surface area contributed by atoms with E-state index in [0.29, 0.717) is 11.4 Å². The fourth-order valence-corrected chi connectivity index (χ4v) is 2.27. The van der Waals surface area contributed by atoms with E-state index in [0.717, 1.165) is 10.0 Å². The summed E-state index contributed by atoms with van der Waals surface area (Å²) < 4.78 is 0.779. The van der Waals surface area contributed by atoms with Crippen molar-refractivity contribution in [3.63, 3.8) is 0 Å². The van der Waals surface area contributed by atoms with Crippen LogP contribution in [0.2, 0.25) is 0 Å². The number of rotatable bonds is 3. The van der Waals surface area contributed by atoms with E-state index < -0.39 is 11.0 Å². The highest BCUT2D eigenvalue weighted by atomic mass is 79.9. The molecule has 0 atom stereocenters. The first-order valence-electron chi connectivity index (χ1n) is 6.04. The summed E-state index contributed by atoms with van der Waals surface area (Å²) in [6.45, 7) is 1.95. The zero-order valence-corrected chi connectivity index (χ0v) is 12.7. The van der Waals surface area contributed by atoms with Crippen LogP contribution in [-0.2, 0) is 0 Å². The molecule has 0 aliphatic rings. The lowest BCUT2D eigenvalue weighted by Crippen LogP contribution is -2.19. The molecule has 0 saturated carbocycles. The molecule has 2 N–H and O–H groups in total. The van der Waals surface area contributed by atoms with Gasteiger partial charge >= 0.3 is 6.03 Å². The van der Waals surface area contributed by atoms with Crippen molar-refractivity contribution in [3.05, 3.63) is 62.6 Å². The molecule has 7 heteroatoms. The molecule has 0 unspecified atom stereocenters. The van der Waals surface area contributed by atoms with E-state index in [1.807, 2.05) is 19.1 Å². The molecule has 0 aliphatic heterocycles. The fourth-order valence-electron chi connectivity index (χ4n) is 1.67. The molecule has 2 aromatic carbocycles. The van der Waals surface area contributed by atoms with Gasteiger partial charge < -0.3 is 10.6 Å². The number of anilines is 2. The van der Waals surface area contributed by atoms with Crippen LogP contribution in [0, 0.1) is 17.0 Å². The van der Waals surface area contributed by atoms with Crippen LogP contribution in [-0.4, -0.2) is 11.0 Å². The first-order valence-corrected chi connectivity index (χ1v) is 6.83. The summed E-state index contributed by atoms with van der Waals surface area (Å²) in [4.78, 5) is 21.9. The Labute approximate surface area is 129 Å². The normalized spacial score (nSPS) is 10.0. The Morgan fingerprint density at radius 3 is 2.38 bits per heavy atom. The Hall–Kier alpha value is -2.41. The SMILES string of the molecule is Cc1ccc(NC(=O)Nc2ccc([N+](=O)[O-])cc2)c(Br)c1. The predicted molar refractivity (Wildman–Crippen MR) is 84.6 cm³/mol. The molecule has 0 heterocycles. The van der Waals surface area contributed by atoms with Crippen LogP contribution in [0.1, 0.15) is 5.56 Å². The van der Waals surface area contributed by atoms with E-state index in [-0.39, 0.29) is 5.69 Å². The van der Waals surface area contributed by atoms with Crippen molar-refractivity contribution in [2.45, 2.75) is 6.92 Å². The molecular weight excluding hydrogens is 338 g/mol. The van der Waals surface area contributed by atoms with Crippen LogP contribution in [0.25, 0.3) is 0 Å². The summed E-state index contributed by atoms with van der Waals surface area (Å²) in [6, 6.07) is 10.7. The molecule has 0 saturated heterocycles. The van der Waals surface area contributed by atoms with E-state index in [1.54, 1.807) is 6.07 Å². The molecule has 0 aromatic heterocycles. The predicted octanol–water partition coefficient (Wildman–Crippen LogP) is 4.31. The third kappa shape index (κ3) is 4.03. The molecule has 0 spiro atoms. The maximum absolute atomic E-state index is 11.9. The Balaban J connectivity index is 2.02. The Morgan fingerprint density at radius 1 is 1.14 bits per heavy atom. The number of carbonyl (C=O) groups excluding carboxylic acids is 1. The first kappa shape index (κ1) is 15.0. The smallest absolute Gasteiger partial charge is 0.308 e. The van der Waals surface area contributed by atoms with Crippen molar-refractivity contribution in [2.24, 2.45) is 0 Å². The molecule has 0 radical (unpaired) electrons.